The molecule has 0 fully saturated rings. The summed E-state index contributed by atoms with van der Waals surface area (Å²) >= 11 is 6.00. The van der Waals surface area contributed by atoms with Crippen molar-refractivity contribution in [2.75, 3.05) is 5.32 Å². The van der Waals surface area contributed by atoms with Gasteiger partial charge in [0.2, 0.25) is 0 Å². The van der Waals surface area contributed by atoms with Gasteiger partial charge in [0, 0.05) is 12.7 Å². The van der Waals surface area contributed by atoms with Crippen LogP contribution in [0.25, 0.3) is 0 Å². The van der Waals surface area contributed by atoms with Gasteiger partial charge in [0.25, 0.3) is 0 Å². The maximum atomic E-state index is 12.0. The van der Waals surface area contributed by atoms with Crippen LogP contribution in [0.15, 0.2) is 36.5 Å². The van der Waals surface area contributed by atoms with Crippen LogP contribution in [-0.4, -0.2) is 11.6 Å². The van der Waals surface area contributed by atoms with Crippen LogP contribution in [0.1, 0.15) is 11.1 Å². The van der Waals surface area contributed by atoms with Gasteiger partial charge in [-0.05, 0) is 36.2 Å². The molecule has 2 aromatic rings. The molecule has 0 bridgehead atoms. The molecular formula is C14H13ClF2N2O. The molecule has 0 spiro atoms. The first-order valence-corrected chi connectivity index (χ1v) is 6.33. The lowest BCUT2D eigenvalue weighted by Gasteiger charge is -2.11. The van der Waals surface area contributed by atoms with E-state index >= 15 is 0 Å². The third kappa shape index (κ3) is 3.81. The highest BCUT2D eigenvalue weighted by atomic mass is 35.5. The molecule has 0 aliphatic rings. The van der Waals surface area contributed by atoms with E-state index in [1.54, 1.807) is 18.3 Å². The van der Waals surface area contributed by atoms with Crippen molar-refractivity contribution in [3.05, 3.63) is 52.8 Å². The van der Waals surface area contributed by atoms with E-state index in [-0.39, 0.29) is 5.75 Å². The SMILES string of the molecule is Cc1ccnc(Cl)c1NCc1ccc(OC(F)F)cc1. The van der Waals surface area contributed by atoms with Crippen LogP contribution in [0, 0.1) is 6.92 Å². The summed E-state index contributed by atoms with van der Waals surface area (Å²) in [7, 11) is 0. The summed E-state index contributed by atoms with van der Waals surface area (Å²) in [4.78, 5) is 4.00. The van der Waals surface area contributed by atoms with Crippen molar-refractivity contribution in [2.24, 2.45) is 0 Å². The first kappa shape index (κ1) is 14.5. The van der Waals surface area contributed by atoms with Gasteiger partial charge >= 0.3 is 6.61 Å². The van der Waals surface area contributed by atoms with Gasteiger partial charge in [-0.15, -0.1) is 0 Å². The Kier molecular flexibility index (Phi) is 4.74. The van der Waals surface area contributed by atoms with Gasteiger partial charge in [-0.25, -0.2) is 4.98 Å². The topological polar surface area (TPSA) is 34.2 Å². The highest BCUT2D eigenvalue weighted by Crippen LogP contribution is 2.23. The summed E-state index contributed by atoms with van der Waals surface area (Å²) in [5.74, 6) is 0.138. The number of aryl methyl sites for hydroxylation is 1. The number of pyridine rings is 1. The number of aromatic nitrogens is 1. The molecule has 1 heterocycles. The molecule has 2 rings (SSSR count). The first-order chi connectivity index (χ1) is 9.56. The van der Waals surface area contributed by atoms with Crippen molar-refractivity contribution in [3.63, 3.8) is 0 Å². The molecule has 0 radical (unpaired) electrons. The van der Waals surface area contributed by atoms with Crippen LogP contribution in [-0.2, 0) is 6.54 Å². The molecule has 0 aliphatic carbocycles. The molecule has 6 heteroatoms. The zero-order valence-electron chi connectivity index (χ0n) is 10.7. The minimum Gasteiger partial charge on any atom is -0.435 e. The third-order valence-electron chi connectivity index (χ3n) is 2.73. The lowest BCUT2D eigenvalue weighted by molar-refractivity contribution is -0.0498. The van der Waals surface area contributed by atoms with E-state index in [0.717, 1.165) is 16.8 Å². The molecule has 1 aromatic heterocycles. The van der Waals surface area contributed by atoms with E-state index in [1.165, 1.54) is 12.1 Å². The molecule has 3 nitrogen and oxygen atoms in total. The number of anilines is 1. The second-order valence-electron chi connectivity index (χ2n) is 4.17. The summed E-state index contributed by atoms with van der Waals surface area (Å²) in [6.45, 7) is -0.368. The summed E-state index contributed by atoms with van der Waals surface area (Å²) < 4.78 is 28.3. The van der Waals surface area contributed by atoms with Gasteiger partial charge < -0.3 is 10.1 Å². The molecule has 20 heavy (non-hydrogen) atoms. The monoisotopic (exact) mass is 298 g/mol. The summed E-state index contributed by atoms with van der Waals surface area (Å²) in [5.41, 5.74) is 2.68. The molecule has 1 aromatic carbocycles. The molecule has 0 atom stereocenters. The van der Waals surface area contributed by atoms with Crippen molar-refractivity contribution < 1.29 is 13.5 Å². The van der Waals surface area contributed by atoms with Crippen molar-refractivity contribution in [3.8, 4) is 5.75 Å². The van der Waals surface area contributed by atoms with Gasteiger partial charge in [-0.1, -0.05) is 23.7 Å². The number of nitrogens with zero attached hydrogens (tertiary/aromatic N) is 1. The zero-order valence-corrected chi connectivity index (χ0v) is 11.5. The predicted octanol–water partition coefficient (Wildman–Crippen LogP) is 4.26. The fourth-order valence-electron chi connectivity index (χ4n) is 1.72. The molecule has 0 saturated carbocycles. The lowest BCUT2D eigenvalue weighted by atomic mass is 10.2. The standard InChI is InChI=1S/C14H13ClF2N2O/c1-9-6-7-18-13(15)12(9)19-8-10-2-4-11(5-3-10)20-14(16)17/h2-7,14,19H,8H2,1H3. The fourth-order valence-corrected chi connectivity index (χ4v) is 1.99. The highest BCUT2D eigenvalue weighted by molar-refractivity contribution is 6.32. The minimum atomic E-state index is -2.81. The quantitative estimate of drug-likeness (QED) is 0.838. The molecule has 0 amide bonds. The Balaban J connectivity index is 2.00. The number of hydrogen-bond acceptors (Lipinski definition) is 3. The van der Waals surface area contributed by atoms with Crippen LogP contribution in [0.3, 0.4) is 0 Å². The van der Waals surface area contributed by atoms with Crippen molar-refractivity contribution in [1.82, 2.24) is 4.98 Å². The Morgan fingerprint density at radius 2 is 1.95 bits per heavy atom. The largest absolute Gasteiger partial charge is 0.435 e. The Morgan fingerprint density at radius 1 is 1.25 bits per heavy atom. The van der Waals surface area contributed by atoms with E-state index in [2.05, 4.69) is 15.0 Å². The lowest BCUT2D eigenvalue weighted by Crippen LogP contribution is -2.04. The summed E-state index contributed by atoms with van der Waals surface area (Å²) in [6.07, 6.45) is 1.64. The van der Waals surface area contributed by atoms with Gasteiger partial charge in [-0.2, -0.15) is 8.78 Å². The van der Waals surface area contributed by atoms with E-state index in [9.17, 15) is 8.78 Å². The van der Waals surface area contributed by atoms with Gasteiger partial charge in [0.1, 0.15) is 5.75 Å². The fraction of sp³-hybridized carbons (Fsp3) is 0.214. The Labute approximate surface area is 120 Å². The minimum absolute atomic E-state index is 0.138. The maximum Gasteiger partial charge on any atom is 0.387 e. The number of nitrogens with one attached hydrogen (secondary N) is 1. The zero-order chi connectivity index (χ0) is 14.5. The molecule has 0 unspecified atom stereocenters. The van der Waals surface area contributed by atoms with Crippen molar-refractivity contribution in [1.29, 1.82) is 0 Å². The number of alkyl halides is 2. The third-order valence-corrected chi connectivity index (χ3v) is 3.02. The number of ether oxygens (including phenoxy) is 1. The van der Waals surface area contributed by atoms with E-state index < -0.39 is 6.61 Å². The normalized spacial score (nSPS) is 10.7. The number of benzene rings is 1. The number of rotatable bonds is 5. The molecule has 0 saturated heterocycles. The highest BCUT2D eigenvalue weighted by Gasteiger charge is 2.06. The van der Waals surface area contributed by atoms with Gasteiger partial charge in [0.05, 0.1) is 5.69 Å². The van der Waals surface area contributed by atoms with E-state index in [1.807, 2.05) is 13.0 Å². The summed E-state index contributed by atoms with van der Waals surface area (Å²) in [5, 5.41) is 3.58. The average molecular weight is 299 g/mol. The van der Waals surface area contributed by atoms with Crippen molar-refractivity contribution >= 4 is 17.3 Å². The average Bonchev–Trinajstić information content (AvgIpc) is 2.39. The molecule has 1 N–H and O–H groups in total. The second-order valence-corrected chi connectivity index (χ2v) is 4.53. The number of hydrogen-bond donors (Lipinski definition) is 1. The van der Waals surface area contributed by atoms with Crippen LogP contribution < -0.4 is 10.1 Å². The van der Waals surface area contributed by atoms with Crippen LogP contribution in [0.2, 0.25) is 5.15 Å². The van der Waals surface area contributed by atoms with E-state index in [0.29, 0.717) is 11.7 Å². The molecular weight excluding hydrogens is 286 g/mol. The van der Waals surface area contributed by atoms with Crippen LogP contribution >= 0.6 is 11.6 Å². The van der Waals surface area contributed by atoms with Crippen molar-refractivity contribution in [2.45, 2.75) is 20.1 Å². The Morgan fingerprint density at radius 3 is 2.55 bits per heavy atom. The Hall–Kier alpha value is -1.88. The maximum absolute atomic E-state index is 12.0. The van der Waals surface area contributed by atoms with Gasteiger partial charge in [-0.3, -0.25) is 0 Å². The van der Waals surface area contributed by atoms with Gasteiger partial charge in [0.15, 0.2) is 5.15 Å². The Bertz CT molecular complexity index is 556. The van der Waals surface area contributed by atoms with Crippen LogP contribution in [0.5, 0.6) is 5.75 Å². The van der Waals surface area contributed by atoms with Crippen LogP contribution in [0.4, 0.5) is 14.5 Å². The smallest absolute Gasteiger partial charge is 0.387 e. The molecule has 106 valence electrons. The molecule has 0 aliphatic heterocycles. The number of halogens is 3. The second kappa shape index (κ2) is 6.52. The van der Waals surface area contributed by atoms with E-state index in [4.69, 9.17) is 11.6 Å². The predicted molar refractivity (Wildman–Crippen MR) is 74.4 cm³/mol. The first-order valence-electron chi connectivity index (χ1n) is 5.95. The summed E-state index contributed by atoms with van der Waals surface area (Å²) in [6, 6.07) is 8.28.